The minimum Gasteiger partial charge on any atom is -0.376 e. The topological polar surface area (TPSA) is 62.2 Å². The van der Waals surface area contributed by atoms with E-state index >= 15 is 0 Å². The van der Waals surface area contributed by atoms with Crippen LogP contribution in [0.3, 0.4) is 0 Å². The van der Waals surface area contributed by atoms with Gasteiger partial charge in [0.15, 0.2) is 0 Å². The molecule has 0 saturated heterocycles. The second-order valence-electron chi connectivity index (χ2n) is 8.38. The molecular formula is C22H22Cl2F3N5O. The lowest BCUT2D eigenvalue weighted by atomic mass is 10.1. The molecule has 176 valence electrons. The van der Waals surface area contributed by atoms with E-state index in [0.29, 0.717) is 32.8 Å². The number of anilines is 3. The molecule has 1 saturated carbocycles. The van der Waals surface area contributed by atoms with Gasteiger partial charge in [0.25, 0.3) is 0 Å². The van der Waals surface area contributed by atoms with Gasteiger partial charge in [-0.2, -0.15) is 13.2 Å². The van der Waals surface area contributed by atoms with Crippen molar-refractivity contribution in [1.29, 1.82) is 0 Å². The summed E-state index contributed by atoms with van der Waals surface area (Å²) in [6.45, 7) is -0.0488. The van der Waals surface area contributed by atoms with E-state index in [2.05, 4.69) is 15.6 Å². The number of aromatic nitrogens is 2. The van der Waals surface area contributed by atoms with E-state index in [-0.39, 0.29) is 19.4 Å². The molecule has 0 spiro atoms. The highest BCUT2D eigenvalue weighted by atomic mass is 35.5. The zero-order valence-electron chi connectivity index (χ0n) is 18.1. The van der Waals surface area contributed by atoms with E-state index in [4.69, 9.17) is 23.2 Å². The van der Waals surface area contributed by atoms with Gasteiger partial charge in [0.1, 0.15) is 5.41 Å². The van der Waals surface area contributed by atoms with Crippen LogP contribution in [0.5, 0.6) is 0 Å². The van der Waals surface area contributed by atoms with Gasteiger partial charge in [-0.25, -0.2) is 4.98 Å². The van der Waals surface area contributed by atoms with Crippen LogP contribution in [0.15, 0.2) is 30.3 Å². The van der Waals surface area contributed by atoms with Crippen LogP contribution in [0.1, 0.15) is 18.4 Å². The summed E-state index contributed by atoms with van der Waals surface area (Å²) < 4.78 is 41.3. The zero-order valence-corrected chi connectivity index (χ0v) is 19.7. The van der Waals surface area contributed by atoms with Crippen LogP contribution in [-0.2, 0) is 18.4 Å². The number of alkyl halides is 3. The van der Waals surface area contributed by atoms with Gasteiger partial charge in [0.05, 0.1) is 32.5 Å². The number of carbonyl (C=O) groups is 1. The molecule has 1 fully saturated rings. The molecule has 1 aliphatic carbocycles. The molecule has 2 aromatic carbocycles. The normalized spacial score (nSPS) is 14.9. The van der Waals surface area contributed by atoms with Gasteiger partial charge < -0.3 is 20.1 Å². The number of halogens is 5. The average molecular weight is 500 g/mol. The third-order valence-electron chi connectivity index (χ3n) is 5.89. The quantitative estimate of drug-likeness (QED) is 0.460. The van der Waals surface area contributed by atoms with E-state index in [9.17, 15) is 18.0 Å². The fourth-order valence-corrected chi connectivity index (χ4v) is 4.16. The summed E-state index contributed by atoms with van der Waals surface area (Å²) in [6, 6.07) is 8.65. The molecule has 0 bridgehead atoms. The molecule has 4 rings (SSSR count). The number of carbonyl (C=O) groups excluding carboxylic acids is 1. The second kappa shape index (κ2) is 8.29. The van der Waals surface area contributed by atoms with Gasteiger partial charge in [0.2, 0.25) is 11.9 Å². The number of hydrogen-bond acceptors (Lipinski definition) is 4. The Kier molecular flexibility index (Phi) is 5.90. The summed E-state index contributed by atoms with van der Waals surface area (Å²) in [5, 5.41) is 6.54. The lowest BCUT2D eigenvalue weighted by Crippen LogP contribution is -2.40. The molecule has 0 atom stereocenters. The van der Waals surface area contributed by atoms with Crippen LogP contribution < -0.4 is 15.5 Å². The molecule has 0 radical (unpaired) electrons. The highest BCUT2D eigenvalue weighted by Crippen LogP contribution is 2.57. The second-order valence-corrected chi connectivity index (χ2v) is 9.20. The van der Waals surface area contributed by atoms with Crippen molar-refractivity contribution in [2.45, 2.75) is 25.6 Å². The summed E-state index contributed by atoms with van der Waals surface area (Å²) in [5.41, 5.74) is 1.26. The maximum atomic E-state index is 13.1. The van der Waals surface area contributed by atoms with Gasteiger partial charge in [-0.3, -0.25) is 4.79 Å². The molecular weight excluding hydrogens is 478 g/mol. The van der Waals surface area contributed by atoms with Crippen LogP contribution in [0, 0.1) is 5.41 Å². The molecule has 1 aliphatic rings. The maximum absolute atomic E-state index is 13.1. The fraction of sp³-hybridized carbons (Fsp3) is 0.364. The predicted molar refractivity (Wildman–Crippen MR) is 124 cm³/mol. The van der Waals surface area contributed by atoms with Crippen LogP contribution in [-0.4, -0.2) is 35.7 Å². The summed E-state index contributed by atoms with van der Waals surface area (Å²) >= 11 is 12.7. The van der Waals surface area contributed by atoms with E-state index in [0.717, 1.165) is 11.2 Å². The lowest BCUT2D eigenvalue weighted by molar-refractivity contribution is -0.192. The van der Waals surface area contributed by atoms with Crippen LogP contribution in [0.2, 0.25) is 10.0 Å². The fourth-order valence-electron chi connectivity index (χ4n) is 3.67. The summed E-state index contributed by atoms with van der Waals surface area (Å²) in [5.74, 6) is -0.488. The number of hydrogen-bond donors (Lipinski definition) is 2. The number of imidazole rings is 1. The largest absolute Gasteiger partial charge is 0.403 e. The van der Waals surface area contributed by atoms with Crippen LogP contribution in [0.25, 0.3) is 11.0 Å². The molecule has 0 aliphatic heterocycles. The van der Waals surface area contributed by atoms with Crippen LogP contribution >= 0.6 is 23.2 Å². The zero-order chi connectivity index (χ0) is 24.1. The highest BCUT2D eigenvalue weighted by Gasteiger charge is 2.68. The smallest absolute Gasteiger partial charge is 0.376 e. The third kappa shape index (κ3) is 4.31. The van der Waals surface area contributed by atoms with Gasteiger partial charge in [0, 0.05) is 27.7 Å². The molecule has 1 heterocycles. The predicted octanol–water partition coefficient (Wildman–Crippen LogP) is 5.65. The Labute approximate surface area is 198 Å². The minimum absolute atomic E-state index is 0.0488. The monoisotopic (exact) mass is 499 g/mol. The van der Waals surface area contributed by atoms with Crippen molar-refractivity contribution in [3.8, 4) is 0 Å². The Morgan fingerprint density at radius 1 is 1.18 bits per heavy atom. The van der Waals surface area contributed by atoms with Crippen molar-refractivity contribution in [2.75, 3.05) is 24.3 Å². The lowest BCUT2D eigenvalue weighted by Gasteiger charge is -2.18. The molecule has 11 heteroatoms. The summed E-state index contributed by atoms with van der Waals surface area (Å²) in [6.07, 6.45) is -4.90. The number of amides is 1. The minimum atomic E-state index is -4.54. The summed E-state index contributed by atoms with van der Waals surface area (Å²) in [7, 11) is 5.63. The Morgan fingerprint density at radius 3 is 2.48 bits per heavy atom. The number of benzene rings is 2. The third-order valence-corrected chi connectivity index (χ3v) is 6.52. The number of nitrogens with zero attached hydrogens (tertiary/aromatic N) is 3. The van der Waals surface area contributed by atoms with E-state index in [1.165, 1.54) is 0 Å². The molecule has 3 aromatic rings. The van der Waals surface area contributed by atoms with E-state index in [1.54, 1.807) is 24.3 Å². The van der Waals surface area contributed by atoms with E-state index < -0.39 is 17.5 Å². The number of nitrogens with one attached hydrogen (secondary N) is 2. The molecule has 1 amide bonds. The van der Waals surface area contributed by atoms with Crippen molar-refractivity contribution in [3.63, 3.8) is 0 Å². The van der Waals surface area contributed by atoms with Gasteiger partial charge >= 0.3 is 6.18 Å². The van der Waals surface area contributed by atoms with Gasteiger partial charge in [-0.05, 0) is 42.7 Å². The van der Waals surface area contributed by atoms with Gasteiger partial charge in [-0.1, -0.05) is 29.3 Å². The first-order valence-corrected chi connectivity index (χ1v) is 10.9. The van der Waals surface area contributed by atoms with Crippen molar-refractivity contribution in [2.24, 2.45) is 12.5 Å². The molecule has 33 heavy (non-hydrogen) atoms. The highest BCUT2D eigenvalue weighted by molar-refractivity contribution is 6.34. The Morgan fingerprint density at radius 2 is 1.88 bits per heavy atom. The first kappa shape index (κ1) is 23.5. The van der Waals surface area contributed by atoms with Crippen molar-refractivity contribution >= 4 is 57.5 Å². The summed E-state index contributed by atoms with van der Waals surface area (Å²) in [4.78, 5) is 18.6. The number of rotatable bonds is 6. The Balaban J connectivity index is 1.55. The van der Waals surface area contributed by atoms with Crippen molar-refractivity contribution < 1.29 is 18.0 Å². The van der Waals surface area contributed by atoms with Crippen LogP contribution in [0.4, 0.5) is 30.5 Å². The molecule has 2 N–H and O–H groups in total. The first-order chi connectivity index (χ1) is 15.4. The molecule has 1 aromatic heterocycles. The molecule has 6 nitrogen and oxygen atoms in total. The Bertz CT molecular complexity index is 1230. The van der Waals surface area contributed by atoms with Crippen molar-refractivity contribution in [1.82, 2.24) is 14.9 Å². The van der Waals surface area contributed by atoms with Crippen molar-refractivity contribution in [3.05, 3.63) is 45.9 Å². The standard InChI is InChI=1S/C22H22Cl2F3N5O/c1-31(2)17-10-18-16(9-14(17)24)30-20(32(18)3)29-15-8-12(4-5-13(15)23)11-28-19(33)21(6-7-21)22(25,26)27/h4-5,8-10H,6-7,11H2,1-3H3,(H,28,33)(H,29,30). The SMILES string of the molecule is CN(C)c1cc2c(cc1Cl)nc(Nc1cc(CNC(=O)C3(C(F)(F)F)CC3)ccc1Cl)n2C. The number of fused-ring (bicyclic) bond motifs is 1. The molecule has 0 unspecified atom stereocenters. The number of aryl methyl sites for hydroxylation is 1. The first-order valence-electron chi connectivity index (χ1n) is 10.2. The Hall–Kier alpha value is -2.65. The maximum Gasteiger partial charge on any atom is 0.403 e. The van der Waals surface area contributed by atoms with E-state index in [1.807, 2.05) is 36.7 Å². The van der Waals surface area contributed by atoms with Gasteiger partial charge in [-0.15, -0.1) is 0 Å². The average Bonchev–Trinajstić information content (AvgIpc) is 3.50.